The maximum absolute atomic E-state index is 10.9. The van der Waals surface area contributed by atoms with Crippen molar-refractivity contribution in [2.45, 2.75) is 20.3 Å². The fraction of sp³-hybridized carbons (Fsp3) is 0.636. The van der Waals surface area contributed by atoms with E-state index >= 15 is 0 Å². The Morgan fingerprint density at radius 3 is 2.68 bits per heavy atom. The molecule has 1 rings (SSSR count). The lowest BCUT2D eigenvalue weighted by atomic mass is 10.3. The predicted molar refractivity (Wildman–Crippen MR) is 73.9 cm³/mol. The molecule has 8 heteroatoms. The third kappa shape index (κ3) is 5.84. The second kappa shape index (κ2) is 7.25. The Bertz CT molecular complexity index is 505. The average molecular weight is 288 g/mol. The van der Waals surface area contributed by atoms with Crippen molar-refractivity contribution in [3.05, 3.63) is 11.9 Å². The minimum Gasteiger partial charge on any atom is -0.478 e. The molecule has 0 amide bonds. The molecule has 0 aliphatic carbocycles. The number of nitrogens with zero attached hydrogens (tertiary/aromatic N) is 2. The molecule has 1 aromatic heterocycles. The van der Waals surface area contributed by atoms with E-state index in [0.717, 1.165) is 11.8 Å². The number of hydrogen-bond acceptors (Lipinski definition) is 6. The molecule has 0 spiro atoms. The van der Waals surface area contributed by atoms with Gasteiger partial charge in [-0.05, 0) is 20.3 Å². The summed E-state index contributed by atoms with van der Waals surface area (Å²) >= 11 is 0. The van der Waals surface area contributed by atoms with Gasteiger partial charge >= 0.3 is 0 Å². The van der Waals surface area contributed by atoms with Gasteiger partial charge in [-0.15, -0.1) is 0 Å². The summed E-state index contributed by atoms with van der Waals surface area (Å²) in [4.78, 5) is 8.17. The molecule has 0 bridgehead atoms. The molecule has 0 saturated carbocycles. The van der Waals surface area contributed by atoms with Gasteiger partial charge in [-0.3, -0.25) is 0 Å². The van der Waals surface area contributed by atoms with Gasteiger partial charge < -0.3 is 10.1 Å². The Hall–Kier alpha value is -1.41. The number of aromatic nitrogens is 2. The van der Waals surface area contributed by atoms with Crippen LogP contribution in [0.4, 0.5) is 5.82 Å². The molecule has 2 N–H and O–H groups in total. The number of ether oxygens (including phenoxy) is 1. The Morgan fingerprint density at radius 1 is 1.32 bits per heavy atom. The summed E-state index contributed by atoms with van der Waals surface area (Å²) in [5, 5.41) is 3.13. The van der Waals surface area contributed by atoms with Crippen LogP contribution in [0.2, 0.25) is 0 Å². The van der Waals surface area contributed by atoms with Crippen LogP contribution in [0.3, 0.4) is 0 Å². The predicted octanol–water partition coefficient (Wildman–Crippen LogP) is 0.535. The van der Waals surface area contributed by atoms with E-state index in [1.165, 1.54) is 6.33 Å². The van der Waals surface area contributed by atoms with Crippen molar-refractivity contribution in [3.63, 3.8) is 0 Å². The van der Waals surface area contributed by atoms with Crippen molar-refractivity contribution in [3.8, 4) is 5.88 Å². The van der Waals surface area contributed by atoms with Crippen molar-refractivity contribution < 1.29 is 13.2 Å². The summed E-state index contributed by atoms with van der Waals surface area (Å²) < 4.78 is 29.5. The summed E-state index contributed by atoms with van der Waals surface area (Å²) in [6, 6.07) is 0. The maximum atomic E-state index is 10.9. The van der Waals surface area contributed by atoms with Gasteiger partial charge in [-0.2, -0.15) is 0 Å². The second-order valence-corrected chi connectivity index (χ2v) is 5.87. The van der Waals surface area contributed by atoms with Gasteiger partial charge in [0.05, 0.1) is 18.4 Å². The number of hydrogen-bond donors (Lipinski definition) is 2. The Balaban J connectivity index is 2.43. The molecule has 7 nitrogen and oxygen atoms in total. The molecular weight excluding hydrogens is 268 g/mol. The van der Waals surface area contributed by atoms with Crippen LogP contribution in [0.25, 0.3) is 0 Å². The molecule has 0 unspecified atom stereocenters. The van der Waals surface area contributed by atoms with Gasteiger partial charge in [-0.25, -0.2) is 23.1 Å². The lowest BCUT2D eigenvalue weighted by Gasteiger charge is -2.11. The minimum atomic E-state index is -3.11. The molecular formula is C11H20N4O3S. The highest BCUT2D eigenvalue weighted by atomic mass is 32.2. The van der Waals surface area contributed by atoms with Crippen LogP contribution >= 0.6 is 0 Å². The van der Waals surface area contributed by atoms with E-state index in [1.807, 2.05) is 13.8 Å². The smallest absolute Gasteiger partial charge is 0.221 e. The molecule has 0 saturated heterocycles. The van der Waals surface area contributed by atoms with E-state index in [1.54, 1.807) is 0 Å². The minimum absolute atomic E-state index is 0.397. The van der Waals surface area contributed by atoms with Crippen LogP contribution in [-0.4, -0.2) is 44.3 Å². The molecule has 0 aromatic carbocycles. The third-order valence-corrected chi connectivity index (χ3v) is 3.06. The van der Waals surface area contributed by atoms with Crippen LogP contribution in [0.15, 0.2) is 6.33 Å². The van der Waals surface area contributed by atoms with Crippen molar-refractivity contribution in [2.75, 3.05) is 31.3 Å². The molecule has 0 fully saturated rings. The zero-order chi connectivity index (χ0) is 14.3. The van der Waals surface area contributed by atoms with Crippen molar-refractivity contribution in [1.82, 2.24) is 14.7 Å². The monoisotopic (exact) mass is 288 g/mol. The van der Waals surface area contributed by atoms with Gasteiger partial charge in [-0.1, -0.05) is 0 Å². The largest absolute Gasteiger partial charge is 0.478 e. The molecule has 0 aliphatic heterocycles. The van der Waals surface area contributed by atoms with Crippen LogP contribution in [0.1, 0.15) is 18.9 Å². The summed E-state index contributed by atoms with van der Waals surface area (Å²) in [6.07, 6.45) is 3.25. The molecule has 19 heavy (non-hydrogen) atoms. The van der Waals surface area contributed by atoms with Crippen LogP contribution in [0, 0.1) is 6.92 Å². The van der Waals surface area contributed by atoms with E-state index in [2.05, 4.69) is 20.0 Å². The first-order valence-corrected chi connectivity index (χ1v) is 7.96. The van der Waals surface area contributed by atoms with Gasteiger partial charge in [0.25, 0.3) is 0 Å². The van der Waals surface area contributed by atoms with E-state index in [-0.39, 0.29) is 0 Å². The average Bonchev–Trinajstić information content (AvgIpc) is 2.32. The topological polar surface area (TPSA) is 93.2 Å². The quantitative estimate of drug-likeness (QED) is 0.678. The summed E-state index contributed by atoms with van der Waals surface area (Å²) in [5.41, 5.74) is 0.848. The van der Waals surface area contributed by atoms with Gasteiger partial charge in [0.2, 0.25) is 15.9 Å². The Labute approximate surface area is 113 Å². The summed E-state index contributed by atoms with van der Waals surface area (Å²) in [7, 11) is -3.11. The molecule has 1 heterocycles. The first kappa shape index (κ1) is 15.6. The van der Waals surface area contributed by atoms with Crippen LogP contribution in [-0.2, 0) is 10.0 Å². The number of nitrogens with one attached hydrogen (secondary N) is 2. The summed E-state index contributed by atoms with van der Waals surface area (Å²) in [6.45, 7) is 5.34. The zero-order valence-corrected chi connectivity index (χ0v) is 12.2. The highest BCUT2D eigenvalue weighted by molar-refractivity contribution is 7.88. The van der Waals surface area contributed by atoms with Crippen LogP contribution in [0.5, 0.6) is 5.88 Å². The fourth-order valence-electron chi connectivity index (χ4n) is 1.45. The standard InChI is InChI=1S/C11H20N4O3S/c1-4-18-11-9(2)10(13-8-14-11)12-6-5-7-15-19(3,16)17/h8,15H,4-7H2,1-3H3,(H,12,13,14). The molecule has 0 radical (unpaired) electrons. The molecule has 108 valence electrons. The van der Waals surface area contributed by atoms with Crippen molar-refractivity contribution >= 4 is 15.8 Å². The fourth-order valence-corrected chi connectivity index (χ4v) is 1.96. The highest BCUT2D eigenvalue weighted by Gasteiger charge is 2.07. The maximum Gasteiger partial charge on any atom is 0.221 e. The first-order chi connectivity index (χ1) is 8.94. The molecule has 1 aromatic rings. The van der Waals surface area contributed by atoms with Gasteiger partial charge in [0.15, 0.2) is 0 Å². The SMILES string of the molecule is CCOc1ncnc(NCCCNS(C)(=O)=O)c1C. The van der Waals surface area contributed by atoms with Gasteiger partial charge in [0, 0.05) is 13.1 Å². The first-order valence-electron chi connectivity index (χ1n) is 6.07. The second-order valence-electron chi connectivity index (χ2n) is 4.03. The zero-order valence-electron chi connectivity index (χ0n) is 11.4. The summed E-state index contributed by atoms with van der Waals surface area (Å²) in [5.74, 6) is 1.27. The Morgan fingerprint density at radius 2 is 2.05 bits per heavy atom. The van der Waals surface area contributed by atoms with Gasteiger partial charge in [0.1, 0.15) is 12.1 Å². The van der Waals surface area contributed by atoms with Crippen molar-refractivity contribution in [2.24, 2.45) is 0 Å². The molecule has 0 aliphatic rings. The van der Waals surface area contributed by atoms with E-state index in [4.69, 9.17) is 4.74 Å². The van der Waals surface area contributed by atoms with E-state index in [9.17, 15) is 8.42 Å². The number of anilines is 1. The molecule has 0 atom stereocenters. The third-order valence-electron chi connectivity index (χ3n) is 2.33. The number of rotatable bonds is 8. The lowest BCUT2D eigenvalue weighted by Crippen LogP contribution is -2.24. The van der Waals surface area contributed by atoms with E-state index < -0.39 is 10.0 Å². The lowest BCUT2D eigenvalue weighted by molar-refractivity contribution is 0.324. The van der Waals surface area contributed by atoms with E-state index in [0.29, 0.717) is 37.8 Å². The Kier molecular flexibility index (Phi) is 5.97. The van der Waals surface area contributed by atoms with Crippen molar-refractivity contribution in [1.29, 1.82) is 0 Å². The number of sulfonamides is 1. The van der Waals surface area contributed by atoms with Crippen LogP contribution < -0.4 is 14.8 Å². The highest BCUT2D eigenvalue weighted by Crippen LogP contribution is 2.19. The normalized spacial score (nSPS) is 11.3.